The highest BCUT2D eigenvalue weighted by Gasteiger charge is 2.06. The Hall–Kier alpha value is -1.82. The fourth-order valence-corrected chi connectivity index (χ4v) is 2.31. The second-order valence-corrected chi connectivity index (χ2v) is 12.5. The Morgan fingerprint density at radius 1 is 0.565 bits per heavy atom. The van der Waals surface area contributed by atoms with Crippen LogP contribution in [0.5, 0.6) is 0 Å². The first-order valence-electron chi connectivity index (χ1n) is 19.1. The minimum atomic E-state index is 0.347. The van der Waals surface area contributed by atoms with Crippen LogP contribution in [-0.4, -0.2) is 0 Å². The van der Waals surface area contributed by atoms with Gasteiger partial charge < -0.3 is 0 Å². The molecule has 0 aliphatic carbocycles. The van der Waals surface area contributed by atoms with Crippen molar-refractivity contribution in [1.29, 1.82) is 0 Å². The molecule has 0 spiro atoms. The van der Waals surface area contributed by atoms with Crippen LogP contribution < -0.4 is 0 Å². The van der Waals surface area contributed by atoms with E-state index in [1.807, 2.05) is 12.2 Å². The molecule has 0 rings (SSSR count). The Balaban J connectivity index is -0.0000000772. The Kier molecular flexibility index (Phi) is 68.3. The second-order valence-electron chi connectivity index (χ2n) is 12.5. The van der Waals surface area contributed by atoms with Crippen LogP contribution in [0.25, 0.3) is 0 Å². The highest BCUT2D eigenvalue weighted by Crippen LogP contribution is 2.19. The van der Waals surface area contributed by atoms with Gasteiger partial charge in [0.15, 0.2) is 0 Å². The fraction of sp³-hybridized carbons (Fsp3) is 0.696. The van der Waals surface area contributed by atoms with Gasteiger partial charge in [0.1, 0.15) is 0 Å². The lowest BCUT2D eigenvalue weighted by Crippen LogP contribution is -2.02. The third-order valence-electron chi connectivity index (χ3n) is 7.46. The normalized spacial score (nSPS) is 12.0. The van der Waals surface area contributed by atoms with E-state index in [4.69, 9.17) is 0 Å². The minimum Gasteiger partial charge on any atom is -0.103 e. The van der Waals surface area contributed by atoms with Crippen LogP contribution in [-0.2, 0) is 0 Å². The first kappa shape index (κ1) is 59.6. The highest BCUT2D eigenvalue weighted by molar-refractivity contribution is 4.96. The van der Waals surface area contributed by atoms with Gasteiger partial charge in [0.25, 0.3) is 0 Å². The van der Waals surface area contributed by atoms with Crippen LogP contribution >= 0.6 is 0 Å². The molecule has 0 saturated carbocycles. The molecule has 2 unspecified atom stereocenters. The summed E-state index contributed by atoms with van der Waals surface area (Å²) in [5.41, 5.74) is 4.65. The summed E-state index contributed by atoms with van der Waals surface area (Å²) in [5, 5.41) is 0. The lowest BCUT2D eigenvalue weighted by atomic mass is 9.91. The molecule has 0 aromatic rings. The summed E-state index contributed by atoms with van der Waals surface area (Å²) in [5.74, 6) is 1.41. The van der Waals surface area contributed by atoms with E-state index in [-0.39, 0.29) is 0 Å². The zero-order valence-electron chi connectivity index (χ0n) is 35.7. The molecule has 0 radical (unpaired) electrons. The van der Waals surface area contributed by atoms with Gasteiger partial charge in [-0.3, -0.25) is 0 Å². The molecular formula is C46H92. The smallest absolute Gasteiger partial charge is 0.0180 e. The van der Waals surface area contributed by atoms with Crippen molar-refractivity contribution < 1.29 is 0 Å². The molecule has 2 atom stereocenters. The summed E-state index contributed by atoms with van der Waals surface area (Å²) in [6, 6.07) is 0. The van der Waals surface area contributed by atoms with Crippen molar-refractivity contribution in [3.8, 4) is 0 Å². The van der Waals surface area contributed by atoms with Crippen LogP contribution in [0.3, 0.4) is 0 Å². The maximum absolute atomic E-state index is 3.83. The molecule has 0 aliphatic rings. The molecule has 0 bridgehead atoms. The standard InChI is InChI=1S/4C7H14.3C6H12/c1-5-7(3,4)6-2;1-5-7(4)6(2)3;2*1-4-6-7(3)5-2;1-4-6(3)5-2;2*1-3-5-6-4-2/h5H,1,6H2,2-4H3;7H,2,5H2,1,3-4H3;2*6H,4-5H2,1-3H3;4,6H,1,5H2,2-3H3;2*5-6H,3-4H2,1-2H3/b;;7-6+;7-6-;;6-5+;6-5-. The number of rotatable bonds is 14. The Bertz CT molecular complexity index is 646. The Labute approximate surface area is 296 Å². The maximum Gasteiger partial charge on any atom is -0.0180 e. The van der Waals surface area contributed by atoms with Crippen molar-refractivity contribution in [1.82, 2.24) is 0 Å². The molecule has 0 fully saturated rings. The molecule has 276 valence electrons. The van der Waals surface area contributed by atoms with E-state index in [0.717, 1.165) is 0 Å². The van der Waals surface area contributed by atoms with Crippen molar-refractivity contribution in [3.63, 3.8) is 0 Å². The van der Waals surface area contributed by atoms with Gasteiger partial charge in [0.05, 0.1) is 0 Å². The van der Waals surface area contributed by atoms with Gasteiger partial charge in [-0.1, -0.05) is 182 Å². The summed E-state index contributed by atoms with van der Waals surface area (Å²) in [7, 11) is 0. The molecule has 0 aliphatic heterocycles. The van der Waals surface area contributed by atoms with Gasteiger partial charge in [-0.05, 0) is 102 Å². The van der Waals surface area contributed by atoms with Crippen molar-refractivity contribution in [2.24, 2.45) is 17.3 Å². The second kappa shape index (κ2) is 52.7. The van der Waals surface area contributed by atoms with Crippen molar-refractivity contribution in [2.75, 3.05) is 0 Å². The zero-order valence-corrected chi connectivity index (χ0v) is 35.7. The van der Waals surface area contributed by atoms with E-state index >= 15 is 0 Å². The monoisotopic (exact) mass is 645 g/mol. The number of allylic oxidation sites excluding steroid dienone is 11. The van der Waals surface area contributed by atoms with E-state index in [9.17, 15) is 0 Å². The van der Waals surface area contributed by atoms with Gasteiger partial charge in [0, 0.05) is 0 Å². The molecular weight excluding hydrogens is 553 g/mol. The SMILES string of the molecule is C=C(C)C(C)CC.C=CC(C)(C)CC.C=CC(C)CC.CC/C=C(/C)CC.CC/C=C(\C)CC.CC/C=C/CC.CC/C=C\CC. The fourth-order valence-electron chi connectivity index (χ4n) is 2.31. The van der Waals surface area contributed by atoms with Gasteiger partial charge in [-0.15, -0.1) is 13.2 Å². The van der Waals surface area contributed by atoms with Gasteiger partial charge >= 0.3 is 0 Å². The molecule has 0 aromatic carbocycles. The average molecular weight is 645 g/mol. The van der Waals surface area contributed by atoms with Gasteiger partial charge in [-0.2, -0.15) is 0 Å². The molecule has 0 heterocycles. The first-order valence-corrected chi connectivity index (χ1v) is 19.1. The van der Waals surface area contributed by atoms with Gasteiger partial charge in [-0.25, -0.2) is 0 Å². The zero-order chi connectivity index (χ0) is 37.8. The van der Waals surface area contributed by atoms with E-state index < -0.39 is 0 Å². The van der Waals surface area contributed by atoms with E-state index in [0.29, 0.717) is 17.3 Å². The van der Waals surface area contributed by atoms with Crippen molar-refractivity contribution in [3.05, 3.63) is 85.1 Å². The highest BCUT2D eigenvalue weighted by atomic mass is 14.1. The maximum atomic E-state index is 3.83. The summed E-state index contributed by atoms with van der Waals surface area (Å²) >= 11 is 0. The summed E-state index contributed by atoms with van der Waals surface area (Å²) in [6.07, 6.45) is 30.3. The van der Waals surface area contributed by atoms with Gasteiger partial charge in [0.2, 0.25) is 0 Å². The van der Waals surface area contributed by atoms with Crippen molar-refractivity contribution in [2.45, 2.75) is 195 Å². The van der Waals surface area contributed by atoms with Crippen LogP contribution in [0.15, 0.2) is 85.1 Å². The molecule has 0 aromatic heterocycles. The Morgan fingerprint density at radius 3 is 0.935 bits per heavy atom. The number of hydrogen-bond donors (Lipinski definition) is 0. The lowest BCUT2D eigenvalue weighted by molar-refractivity contribution is 0.463. The quantitative estimate of drug-likeness (QED) is 0.165. The first-order chi connectivity index (χ1) is 21.6. The van der Waals surface area contributed by atoms with Crippen LogP contribution in [0.4, 0.5) is 0 Å². The Morgan fingerprint density at radius 2 is 0.891 bits per heavy atom. The van der Waals surface area contributed by atoms with Crippen LogP contribution in [0.2, 0.25) is 0 Å². The summed E-state index contributed by atoms with van der Waals surface area (Å²) in [4.78, 5) is 0. The van der Waals surface area contributed by atoms with Crippen molar-refractivity contribution >= 4 is 0 Å². The molecule has 0 N–H and O–H groups in total. The predicted octanol–water partition coefficient (Wildman–Crippen LogP) is 17.7. The molecule has 0 nitrogen and oxygen atoms in total. The molecule has 46 heavy (non-hydrogen) atoms. The largest absolute Gasteiger partial charge is 0.103 e. The third kappa shape index (κ3) is 78.5. The average Bonchev–Trinajstić information content (AvgIpc) is 3.07. The molecule has 0 saturated heterocycles. The lowest BCUT2D eigenvalue weighted by Gasteiger charge is -2.14. The predicted molar refractivity (Wildman–Crippen MR) is 226 cm³/mol. The van der Waals surface area contributed by atoms with Crippen LogP contribution in [0.1, 0.15) is 195 Å². The van der Waals surface area contributed by atoms with E-state index in [2.05, 4.69) is 181 Å². The molecule has 0 heteroatoms. The van der Waals surface area contributed by atoms with Crippen LogP contribution in [0, 0.1) is 17.3 Å². The van der Waals surface area contributed by atoms with E-state index in [1.54, 1.807) is 0 Å². The number of hydrogen-bond acceptors (Lipinski definition) is 0. The summed E-state index contributed by atoms with van der Waals surface area (Å²) in [6.45, 7) is 50.1. The summed E-state index contributed by atoms with van der Waals surface area (Å²) < 4.78 is 0. The third-order valence-corrected chi connectivity index (χ3v) is 7.46. The topological polar surface area (TPSA) is 0 Å². The minimum absolute atomic E-state index is 0.347. The van der Waals surface area contributed by atoms with E-state index in [1.165, 1.54) is 87.3 Å². The molecule has 0 amide bonds.